The summed E-state index contributed by atoms with van der Waals surface area (Å²) in [6.45, 7) is 0. The summed E-state index contributed by atoms with van der Waals surface area (Å²) in [7, 11) is 3.06. The Hall–Kier alpha value is -3.02. The van der Waals surface area contributed by atoms with Crippen LogP contribution in [-0.4, -0.2) is 26.0 Å². The fourth-order valence-corrected chi connectivity index (χ4v) is 1.75. The molecule has 0 unspecified atom stereocenters. The standard InChI is InChI=1S/C16H16N2O4/c1-17-15(19)13(18-16(20)14-4-3-9-22-14)10-11-5-7-12(21-2)8-6-11/h3-10H,1-2H3,(H,17,19)(H,18,20)/b13-10-. The molecule has 0 aliphatic rings. The molecule has 0 bridgehead atoms. The molecule has 0 atom stereocenters. The highest BCUT2D eigenvalue weighted by Crippen LogP contribution is 2.14. The number of ether oxygens (including phenoxy) is 1. The van der Waals surface area contributed by atoms with Crippen LogP contribution in [0.15, 0.2) is 52.8 Å². The molecular formula is C16H16N2O4. The van der Waals surface area contributed by atoms with E-state index in [1.54, 1.807) is 43.5 Å². The normalized spacial score (nSPS) is 10.9. The van der Waals surface area contributed by atoms with Crippen molar-refractivity contribution in [2.45, 2.75) is 0 Å². The molecule has 22 heavy (non-hydrogen) atoms. The fourth-order valence-electron chi connectivity index (χ4n) is 1.75. The molecule has 0 saturated carbocycles. The molecule has 2 rings (SSSR count). The van der Waals surface area contributed by atoms with Crippen molar-refractivity contribution in [3.63, 3.8) is 0 Å². The van der Waals surface area contributed by atoms with Gasteiger partial charge in [0.15, 0.2) is 5.76 Å². The van der Waals surface area contributed by atoms with Crippen molar-refractivity contribution >= 4 is 17.9 Å². The lowest BCUT2D eigenvalue weighted by atomic mass is 10.1. The van der Waals surface area contributed by atoms with Crippen molar-refractivity contribution in [3.8, 4) is 5.75 Å². The van der Waals surface area contributed by atoms with Gasteiger partial charge >= 0.3 is 0 Å². The predicted octanol–water partition coefficient (Wildman–Crippen LogP) is 1.81. The molecule has 0 aliphatic carbocycles. The minimum absolute atomic E-state index is 0.120. The number of amides is 2. The molecule has 0 fully saturated rings. The fraction of sp³-hybridized carbons (Fsp3) is 0.125. The van der Waals surface area contributed by atoms with Crippen molar-refractivity contribution < 1.29 is 18.7 Å². The second-order valence-corrected chi connectivity index (χ2v) is 4.34. The zero-order chi connectivity index (χ0) is 15.9. The van der Waals surface area contributed by atoms with Gasteiger partial charge in [-0.2, -0.15) is 0 Å². The van der Waals surface area contributed by atoms with Gasteiger partial charge in [-0.1, -0.05) is 12.1 Å². The van der Waals surface area contributed by atoms with Gasteiger partial charge in [-0.3, -0.25) is 9.59 Å². The summed E-state index contributed by atoms with van der Waals surface area (Å²) < 4.78 is 10.1. The lowest BCUT2D eigenvalue weighted by Gasteiger charge is -2.08. The maximum Gasteiger partial charge on any atom is 0.291 e. The minimum atomic E-state index is -0.492. The molecule has 6 heteroatoms. The highest BCUT2D eigenvalue weighted by atomic mass is 16.5. The summed E-state index contributed by atoms with van der Waals surface area (Å²) in [5.74, 6) is -0.0631. The third-order valence-electron chi connectivity index (χ3n) is 2.89. The monoisotopic (exact) mass is 300 g/mol. The van der Waals surface area contributed by atoms with Crippen LogP contribution in [0, 0.1) is 0 Å². The number of methoxy groups -OCH3 is 1. The molecule has 0 saturated heterocycles. The quantitative estimate of drug-likeness (QED) is 0.825. The molecule has 0 radical (unpaired) electrons. The average Bonchev–Trinajstić information content (AvgIpc) is 3.08. The van der Waals surface area contributed by atoms with Gasteiger partial charge in [0.05, 0.1) is 13.4 Å². The van der Waals surface area contributed by atoms with Crippen LogP contribution in [0.25, 0.3) is 6.08 Å². The third-order valence-corrected chi connectivity index (χ3v) is 2.89. The van der Waals surface area contributed by atoms with Crippen LogP contribution in [0.5, 0.6) is 5.75 Å². The molecule has 1 aromatic heterocycles. The molecule has 1 aromatic carbocycles. The van der Waals surface area contributed by atoms with Gasteiger partial charge in [0.1, 0.15) is 11.4 Å². The van der Waals surface area contributed by atoms with Crippen molar-refractivity contribution in [2.75, 3.05) is 14.2 Å². The molecule has 0 aliphatic heterocycles. The van der Waals surface area contributed by atoms with E-state index in [4.69, 9.17) is 9.15 Å². The molecule has 0 spiro atoms. The summed E-state index contributed by atoms with van der Waals surface area (Å²) in [5, 5.41) is 5.01. The summed E-state index contributed by atoms with van der Waals surface area (Å²) in [4.78, 5) is 23.9. The maximum atomic E-state index is 12.0. The van der Waals surface area contributed by atoms with Crippen molar-refractivity contribution in [2.24, 2.45) is 0 Å². The second-order valence-electron chi connectivity index (χ2n) is 4.34. The Labute approximate surface area is 127 Å². The van der Waals surface area contributed by atoms with Gasteiger partial charge in [-0.25, -0.2) is 0 Å². The highest BCUT2D eigenvalue weighted by Gasteiger charge is 2.15. The molecule has 2 N–H and O–H groups in total. The Bertz CT molecular complexity index is 673. The minimum Gasteiger partial charge on any atom is -0.497 e. The average molecular weight is 300 g/mol. The Kier molecular flexibility index (Phi) is 4.98. The van der Waals surface area contributed by atoms with Crippen LogP contribution in [0.3, 0.4) is 0 Å². The van der Waals surface area contributed by atoms with E-state index in [0.717, 1.165) is 5.56 Å². The first-order chi connectivity index (χ1) is 10.6. The van der Waals surface area contributed by atoms with E-state index in [-0.39, 0.29) is 11.5 Å². The van der Waals surface area contributed by atoms with E-state index in [2.05, 4.69) is 10.6 Å². The van der Waals surface area contributed by atoms with E-state index in [0.29, 0.717) is 5.75 Å². The van der Waals surface area contributed by atoms with Gasteiger partial charge in [-0.05, 0) is 35.9 Å². The first-order valence-electron chi connectivity index (χ1n) is 6.56. The number of carbonyl (C=O) groups excluding carboxylic acids is 2. The molecular weight excluding hydrogens is 284 g/mol. The number of hydrogen-bond donors (Lipinski definition) is 2. The first-order valence-corrected chi connectivity index (χ1v) is 6.56. The van der Waals surface area contributed by atoms with E-state index < -0.39 is 11.8 Å². The van der Waals surface area contributed by atoms with Crippen LogP contribution in [0.4, 0.5) is 0 Å². The van der Waals surface area contributed by atoms with Gasteiger partial charge < -0.3 is 19.8 Å². The number of rotatable bonds is 5. The topological polar surface area (TPSA) is 80.6 Å². The number of benzene rings is 1. The molecule has 6 nitrogen and oxygen atoms in total. The van der Waals surface area contributed by atoms with Gasteiger partial charge in [0.2, 0.25) is 0 Å². The summed E-state index contributed by atoms with van der Waals surface area (Å²) in [6.07, 6.45) is 2.96. The van der Waals surface area contributed by atoms with Crippen molar-refractivity contribution in [3.05, 3.63) is 59.7 Å². The van der Waals surface area contributed by atoms with Crippen LogP contribution in [-0.2, 0) is 4.79 Å². The van der Waals surface area contributed by atoms with Gasteiger partial charge in [-0.15, -0.1) is 0 Å². The maximum absolute atomic E-state index is 12.0. The van der Waals surface area contributed by atoms with Gasteiger partial charge in [0, 0.05) is 7.05 Å². The second kappa shape index (κ2) is 7.12. The van der Waals surface area contributed by atoms with E-state index in [1.807, 2.05) is 0 Å². The Morgan fingerprint density at radius 3 is 2.45 bits per heavy atom. The summed E-state index contributed by atoms with van der Waals surface area (Å²) >= 11 is 0. The third kappa shape index (κ3) is 3.76. The molecule has 2 amide bonds. The number of nitrogens with one attached hydrogen (secondary N) is 2. The Balaban J connectivity index is 2.23. The number of hydrogen-bond acceptors (Lipinski definition) is 4. The first kappa shape index (κ1) is 15.4. The SMILES string of the molecule is CNC(=O)/C(=C/c1ccc(OC)cc1)NC(=O)c1ccco1. The highest BCUT2D eigenvalue weighted by molar-refractivity contribution is 6.04. The van der Waals surface area contributed by atoms with Gasteiger partial charge in [0.25, 0.3) is 11.8 Å². The predicted molar refractivity (Wildman–Crippen MR) is 81.2 cm³/mol. The van der Waals surface area contributed by atoms with E-state index >= 15 is 0 Å². The van der Waals surface area contributed by atoms with Crippen molar-refractivity contribution in [1.29, 1.82) is 0 Å². The van der Waals surface area contributed by atoms with E-state index in [1.165, 1.54) is 19.4 Å². The number of furan rings is 1. The van der Waals surface area contributed by atoms with E-state index in [9.17, 15) is 9.59 Å². The van der Waals surface area contributed by atoms with Crippen LogP contribution >= 0.6 is 0 Å². The summed E-state index contributed by atoms with van der Waals surface area (Å²) in [5.41, 5.74) is 0.869. The number of likely N-dealkylation sites (N-methyl/N-ethyl adjacent to an activating group) is 1. The van der Waals surface area contributed by atoms with Crippen molar-refractivity contribution in [1.82, 2.24) is 10.6 Å². The summed E-state index contributed by atoms with van der Waals surface area (Å²) in [6, 6.07) is 10.2. The lowest BCUT2D eigenvalue weighted by Crippen LogP contribution is -2.32. The molecule has 1 heterocycles. The Morgan fingerprint density at radius 2 is 1.91 bits per heavy atom. The van der Waals surface area contributed by atoms with Crippen LogP contribution < -0.4 is 15.4 Å². The lowest BCUT2D eigenvalue weighted by molar-refractivity contribution is -0.117. The Morgan fingerprint density at radius 1 is 1.18 bits per heavy atom. The zero-order valence-electron chi connectivity index (χ0n) is 12.3. The smallest absolute Gasteiger partial charge is 0.291 e. The number of carbonyl (C=O) groups is 2. The zero-order valence-corrected chi connectivity index (χ0v) is 12.3. The molecule has 2 aromatic rings. The molecule has 114 valence electrons. The van der Waals surface area contributed by atoms with Crippen LogP contribution in [0.2, 0.25) is 0 Å². The largest absolute Gasteiger partial charge is 0.497 e. The van der Waals surface area contributed by atoms with Crippen LogP contribution in [0.1, 0.15) is 16.1 Å².